The first kappa shape index (κ1) is 11.9. The number of carbonyl (C=O) groups is 1. The summed E-state index contributed by atoms with van der Waals surface area (Å²) in [6, 6.07) is 19.8. The Kier molecular flexibility index (Phi) is 2.45. The number of rotatable bonds is 1. The number of hydrogen-bond donors (Lipinski definition) is 1. The second-order valence-electron chi connectivity index (χ2n) is 5.21. The first-order valence-electron chi connectivity index (χ1n) is 6.80. The summed E-state index contributed by atoms with van der Waals surface area (Å²) in [5.74, 6) is 0.0587. The molecule has 0 aliphatic heterocycles. The summed E-state index contributed by atoms with van der Waals surface area (Å²) in [4.78, 5) is 11.1. The van der Waals surface area contributed by atoms with Gasteiger partial charge in [0.1, 0.15) is 5.75 Å². The van der Waals surface area contributed by atoms with Crippen LogP contribution < -0.4 is 0 Å². The van der Waals surface area contributed by atoms with Gasteiger partial charge in [0, 0.05) is 5.39 Å². The summed E-state index contributed by atoms with van der Waals surface area (Å²) in [7, 11) is 0. The van der Waals surface area contributed by atoms with Crippen molar-refractivity contribution in [3.8, 4) is 5.75 Å². The van der Waals surface area contributed by atoms with Crippen molar-refractivity contribution >= 4 is 38.6 Å². The molecule has 100 valence electrons. The van der Waals surface area contributed by atoms with Gasteiger partial charge in [-0.2, -0.15) is 0 Å². The maximum absolute atomic E-state index is 11.1. The molecule has 0 aliphatic carbocycles. The molecule has 2 heteroatoms. The van der Waals surface area contributed by atoms with Crippen molar-refractivity contribution < 1.29 is 9.90 Å². The number of hydrogen-bond acceptors (Lipinski definition) is 2. The third-order valence-corrected chi connectivity index (χ3v) is 4.00. The summed E-state index contributed by atoms with van der Waals surface area (Å²) in [6.45, 7) is 0. The molecule has 0 heterocycles. The van der Waals surface area contributed by atoms with Crippen LogP contribution >= 0.6 is 0 Å². The van der Waals surface area contributed by atoms with Crippen LogP contribution in [0.1, 0.15) is 10.4 Å². The van der Waals surface area contributed by atoms with Gasteiger partial charge in [-0.1, -0.05) is 42.5 Å². The van der Waals surface area contributed by atoms with E-state index in [0.717, 1.165) is 32.3 Å². The Morgan fingerprint density at radius 2 is 1.43 bits per heavy atom. The number of aldehydes is 1. The van der Waals surface area contributed by atoms with Crippen molar-refractivity contribution in [1.82, 2.24) is 0 Å². The van der Waals surface area contributed by atoms with Crippen LogP contribution in [0.5, 0.6) is 5.75 Å². The Morgan fingerprint density at radius 3 is 2.19 bits per heavy atom. The van der Waals surface area contributed by atoms with Gasteiger partial charge in [0.2, 0.25) is 0 Å². The lowest BCUT2D eigenvalue weighted by molar-refractivity contribution is 0.112. The molecule has 0 unspecified atom stereocenters. The fraction of sp³-hybridized carbons (Fsp3) is 0. The van der Waals surface area contributed by atoms with Gasteiger partial charge in [0.25, 0.3) is 0 Å². The van der Waals surface area contributed by atoms with Gasteiger partial charge in [-0.05, 0) is 45.1 Å². The van der Waals surface area contributed by atoms with Crippen molar-refractivity contribution in [1.29, 1.82) is 0 Å². The highest BCUT2D eigenvalue weighted by Crippen LogP contribution is 2.36. The maximum atomic E-state index is 11.1. The van der Waals surface area contributed by atoms with Gasteiger partial charge in [0.05, 0.1) is 5.56 Å². The monoisotopic (exact) mass is 272 g/mol. The van der Waals surface area contributed by atoms with Gasteiger partial charge in [-0.25, -0.2) is 0 Å². The zero-order valence-corrected chi connectivity index (χ0v) is 11.2. The number of phenolic OH excluding ortho intramolecular Hbond substituents is 1. The molecule has 0 spiro atoms. The van der Waals surface area contributed by atoms with Crippen LogP contribution in [0.15, 0.2) is 60.7 Å². The van der Waals surface area contributed by atoms with Crippen molar-refractivity contribution in [2.45, 2.75) is 0 Å². The third-order valence-electron chi connectivity index (χ3n) is 4.00. The lowest BCUT2D eigenvalue weighted by Gasteiger charge is -2.09. The first-order chi connectivity index (χ1) is 10.3. The van der Waals surface area contributed by atoms with E-state index in [4.69, 9.17) is 0 Å². The van der Waals surface area contributed by atoms with Gasteiger partial charge >= 0.3 is 0 Å². The molecule has 0 bridgehead atoms. The summed E-state index contributed by atoms with van der Waals surface area (Å²) in [5.41, 5.74) is 0.322. The average Bonchev–Trinajstić information content (AvgIpc) is 2.53. The van der Waals surface area contributed by atoms with Crippen LogP contribution in [0.25, 0.3) is 32.3 Å². The molecule has 2 nitrogen and oxygen atoms in total. The summed E-state index contributed by atoms with van der Waals surface area (Å²) >= 11 is 0. The Labute approximate surface area is 121 Å². The van der Waals surface area contributed by atoms with E-state index in [1.165, 1.54) is 0 Å². The van der Waals surface area contributed by atoms with Gasteiger partial charge in [0.15, 0.2) is 6.29 Å². The molecule has 0 radical (unpaired) electrons. The van der Waals surface area contributed by atoms with E-state index in [2.05, 4.69) is 18.2 Å². The fourth-order valence-electron chi connectivity index (χ4n) is 2.93. The van der Waals surface area contributed by atoms with E-state index in [-0.39, 0.29) is 5.75 Å². The minimum atomic E-state index is 0.0587. The Hall–Kier alpha value is -2.87. The second kappa shape index (κ2) is 4.32. The number of fused-ring (bicyclic) bond motifs is 4. The van der Waals surface area contributed by atoms with E-state index in [1.807, 2.05) is 36.4 Å². The molecule has 0 amide bonds. The number of carbonyl (C=O) groups excluding carboxylic acids is 1. The molecule has 0 atom stereocenters. The number of phenols is 1. The predicted molar refractivity (Wildman–Crippen MR) is 86.0 cm³/mol. The fourth-order valence-corrected chi connectivity index (χ4v) is 2.93. The average molecular weight is 272 g/mol. The zero-order valence-electron chi connectivity index (χ0n) is 11.2. The number of aromatic hydroxyl groups is 1. The van der Waals surface area contributed by atoms with Crippen LogP contribution in [0.4, 0.5) is 0 Å². The maximum Gasteiger partial charge on any atom is 0.153 e. The smallest absolute Gasteiger partial charge is 0.153 e. The molecule has 0 saturated heterocycles. The summed E-state index contributed by atoms with van der Waals surface area (Å²) < 4.78 is 0. The van der Waals surface area contributed by atoms with E-state index >= 15 is 0 Å². The van der Waals surface area contributed by atoms with Crippen LogP contribution in [0, 0.1) is 0 Å². The molecular weight excluding hydrogens is 260 g/mol. The first-order valence-corrected chi connectivity index (χ1v) is 6.80. The SMILES string of the molecule is O=Cc1ccc2ccc3cc4ccccc4cc3c2c1O. The topological polar surface area (TPSA) is 37.3 Å². The van der Waals surface area contributed by atoms with Gasteiger partial charge in [-0.3, -0.25) is 4.79 Å². The molecule has 0 fully saturated rings. The molecular formula is C19H12O2. The predicted octanol–water partition coefficient (Wildman–Crippen LogP) is 4.66. The molecule has 0 aromatic heterocycles. The minimum Gasteiger partial charge on any atom is -0.507 e. The summed E-state index contributed by atoms with van der Waals surface area (Å²) in [5, 5.41) is 16.4. The van der Waals surface area contributed by atoms with Crippen LogP contribution in [0.2, 0.25) is 0 Å². The van der Waals surface area contributed by atoms with Crippen LogP contribution in [0.3, 0.4) is 0 Å². The van der Waals surface area contributed by atoms with Crippen molar-refractivity contribution in [3.63, 3.8) is 0 Å². The van der Waals surface area contributed by atoms with Crippen LogP contribution in [-0.2, 0) is 0 Å². The molecule has 1 N–H and O–H groups in total. The standard InChI is InChI=1S/C19H12O2/c20-11-16-8-6-12-5-7-15-9-13-3-1-2-4-14(13)10-17(15)18(12)19(16)21/h1-11,21H. The third kappa shape index (κ3) is 1.69. The molecule has 4 rings (SSSR count). The van der Waals surface area contributed by atoms with Crippen molar-refractivity contribution in [2.75, 3.05) is 0 Å². The lowest BCUT2D eigenvalue weighted by Crippen LogP contribution is -1.85. The molecule has 0 aliphatic rings. The van der Waals surface area contributed by atoms with Crippen LogP contribution in [-0.4, -0.2) is 11.4 Å². The van der Waals surface area contributed by atoms with E-state index in [9.17, 15) is 9.90 Å². The van der Waals surface area contributed by atoms with Crippen molar-refractivity contribution in [2.24, 2.45) is 0 Å². The van der Waals surface area contributed by atoms with Gasteiger partial charge in [-0.15, -0.1) is 0 Å². The largest absolute Gasteiger partial charge is 0.507 e. The van der Waals surface area contributed by atoms with E-state index < -0.39 is 0 Å². The van der Waals surface area contributed by atoms with E-state index in [1.54, 1.807) is 6.07 Å². The Balaban J connectivity index is 2.26. The number of benzene rings is 4. The molecule has 21 heavy (non-hydrogen) atoms. The van der Waals surface area contributed by atoms with Gasteiger partial charge < -0.3 is 5.11 Å². The lowest BCUT2D eigenvalue weighted by atomic mass is 9.96. The molecule has 4 aromatic rings. The quantitative estimate of drug-likeness (QED) is 0.311. The zero-order chi connectivity index (χ0) is 14.4. The molecule has 0 saturated carbocycles. The van der Waals surface area contributed by atoms with Crippen molar-refractivity contribution in [3.05, 3.63) is 66.2 Å². The highest BCUT2D eigenvalue weighted by Gasteiger charge is 2.10. The highest BCUT2D eigenvalue weighted by atomic mass is 16.3. The minimum absolute atomic E-state index is 0.0587. The summed E-state index contributed by atoms with van der Waals surface area (Å²) in [6.07, 6.45) is 0.689. The highest BCUT2D eigenvalue weighted by molar-refractivity contribution is 6.15. The second-order valence-corrected chi connectivity index (χ2v) is 5.21. The normalized spacial score (nSPS) is 11.2. The van der Waals surface area contributed by atoms with E-state index in [0.29, 0.717) is 11.8 Å². The Bertz CT molecular complexity index is 1020. The molecule has 4 aromatic carbocycles. The Morgan fingerprint density at radius 1 is 0.762 bits per heavy atom.